The minimum atomic E-state index is -4.10. The first-order valence-corrected chi connectivity index (χ1v) is 5.75. The van der Waals surface area contributed by atoms with E-state index >= 15 is 0 Å². The van der Waals surface area contributed by atoms with Gasteiger partial charge in [0.05, 0.1) is 0 Å². The number of halogens is 3. The zero-order valence-electron chi connectivity index (χ0n) is 9.93. The minimum Gasteiger partial charge on any atom is -0.328 e. The standard InChI is InChI=1S/C13H18F3N/c1-10-4-2-3-5-11(10)6-7-12(17)8-9-13(14,15)16/h2-5,12H,6-9,17H2,1H3. The molecule has 0 aliphatic rings. The van der Waals surface area contributed by atoms with Crippen LogP contribution in [0, 0.1) is 6.92 Å². The number of hydrogen-bond acceptors (Lipinski definition) is 1. The number of rotatable bonds is 5. The van der Waals surface area contributed by atoms with E-state index in [1.165, 1.54) is 0 Å². The molecule has 0 saturated heterocycles. The summed E-state index contributed by atoms with van der Waals surface area (Å²) in [7, 11) is 0. The van der Waals surface area contributed by atoms with Crippen molar-refractivity contribution in [2.24, 2.45) is 5.73 Å². The predicted octanol–water partition coefficient (Wildman–Crippen LogP) is 3.60. The van der Waals surface area contributed by atoms with E-state index < -0.39 is 12.6 Å². The Morgan fingerprint density at radius 2 is 1.82 bits per heavy atom. The fourth-order valence-electron chi connectivity index (χ4n) is 1.72. The van der Waals surface area contributed by atoms with E-state index in [0.29, 0.717) is 6.42 Å². The van der Waals surface area contributed by atoms with Gasteiger partial charge in [-0.15, -0.1) is 0 Å². The van der Waals surface area contributed by atoms with Gasteiger partial charge in [-0.05, 0) is 37.3 Å². The monoisotopic (exact) mass is 245 g/mol. The first-order valence-electron chi connectivity index (χ1n) is 5.75. The van der Waals surface area contributed by atoms with Crippen LogP contribution >= 0.6 is 0 Å². The summed E-state index contributed by atoms with van der Waals surface area (Å²) in [5.41, 5.74) is 8.00. The number of benzene rings is 1. The number of alkyl halides is 3. The highest BCUT2D eigenvalue weighted by Crippen LogP contribution is 2.23. The van der Waals surface area contributed by atoms with E-state index in [-0.39, 0.29) is 12.5 Å². The number of nitrogens with two attached hydrogens (primary N) is 1. The van der Waals surface area contributed by atoms with Crippen LogP contribution in [0.3, 0.4) is 0 Å². The molecule has 0 bridgehead atoms. The number of hydrogen-bond donors (Lipinski definition) is 1. The van der Waals surface area contributed by atoms with Gasteiger partial charge in [-0.1, -0.05) is 24.3 Å². The molecule has 0 aliphatic heterocycles. The van der Waals surface area contributed by atoms with Crippen LogP contribution in [0.25, 0.3) is 0 Å². The van der Waals surface area contributed by atoms with Gasteiger partial charge in [0, 0.05) is 12.5 Å². The van der Waals surface area contributed by atoms with Crippen molar-refractivity contribution in [1.29, 1.82) is 0 Å². The molecule has 0 aromatic heterocycles. The highest BCUT2D eigenvalue weighted by atomic mass is 19.4. The molecule has 1 unspecified atom stereocenters. The van der Waals surface area contributed by atoms with E-state index in [4.69, 9.17) is 5.73 Å². The first-order chi connectivity index (χ1) is 7.88. The molecule has 0 spiro atoms. The maximum absolute atomic E-state index is 12.0. The fraction of sp³-hybridized carbons (Fsp3) is 0.538. The smallest absolute Gasteiger partial charge is 0.328 e. The van der Waals surface area contributed by atoms with Gasteiger partial charge in [0.2, 0.25) is 0 Å². The van der Waals surface area contributed by atoms with Gasteiger partial charge in [-0.2, -0.15) is 13.2 Å². The van der Waals surface area contributed by atoms with E-state index in [0.717, 1.165) is 17.5 Å². The molecule has 1 aromatic carbocycles. The maximum Gasteiger partial charge on any atom is 0.389 e. The van der Waals surface area contributed by atoms with Crippen molar-refractivity contribution in [2.75, 3.05) is 0 Å². The molecule has 0 radical (unpaired) electrons. The fourth-order valence-corrected chi connectivity index (χ4v) is 1.72. The van der Waals surface area contributed by atoms with Gasteiger partial charge in [0.1, 0.15) is 0 Å². The third-order valence-corrected chi connectivity index (χ3v) is 2.84. The summed E-state index contributed by atoms with van der Waals surface area (Å²) in [5.74, 6) is 0. The van der Waals surface area contributed by atoms with Gasteiger partial charge >= 0.3 is 6.18 Å². The molecule has 17 heavy (non-hydrogen) atoms. The van der Waals surface area contributed by atoms with Gasteiger partial charge in [0.25, 0.3) is 0 Å². The lowest BCUT2D eigenvalue weighted by atomic mass is 9.99. The lowest BCUT2D eigenvalue weighted by Crippen LogP contribution is -2.23. The van der Waals surface area contributed by atoms with E-state index in [1.54, 1.807) is 0 Å². The average molecular weight is 245 g/mol. The van der Waals surface area contributed by atoms with Crippen LogP contribution in [0.2, 0.25) is 0 Å². The maximum atomic E-state index is 12.0. The van der Waals surface area contributed by atoms with E-state index in [9.17, 15) is 13.2 Å². The molecular weight excluding hydrogens is 227 g/mol. The molecule has 1 nitrogen and oxygen atoms in total. The molecule has 2 N–H and O–H groups in total. The van der Waals surface area contributed by atoms with E-state index in [2.05, 4.69) is 0 Å². The molecule has 0 fully saturated rings. The van der Waals surface area contributed by atoms with Crippen LogP contribution in [0.5, 0.6) is 0 Å². The zero-order valence-corrected chi connectivity index (χ0v) is 9.93. The van der Waals surface area contributed by atoms with Gasteiger partial charge in [0.15, 0.2) is 0 Å². The van der Waals surface area contributed by atoms with Crippen molar-refractivity contribution in [2.45, 2.75) is 44.8 Å². The summed E-state index contributed by atoms with van der Waals surface area (Å²) in [6.45, 7) is 2.00. The van der Waals surface area contributed by atoms with Crippen LogP contribution < -0.4 is 5.73 Å². The highest BCUT2D eigenvalue weighted by molar-refractivity contribution is 5.25. The Hall–Kier alpha value is -1.03. The summed E-state index contributed by atoms with van der Waals surface area (Å²) < 4.78 is 36.0. The Morgan fingerprint density at radius 3 is 2.41 bits per heavy atom. The SMILES string of the molecule is Cc1ccccc1CCC(N)CCC(F)(F)F. The Labute approximate surface area is 99.8 Å². The van der Waals surface area contributed by atoms with Crippen LogP contribution in [-0.4, -0.2) is 12.2 Å². The van der Waals surface area contributed by atoms with Gasteiger partial charge < -0.3 is 5.73 Å². The molecule has 0 aliphatic carbocycles. The first kappa shape index (κ1) is 14.0. The molecular formula is C13H18F3N. The molecule has 1 aromatic rings. The van der Waals surface area contributed by atoms with Crippen molar-refractivity contribution in [3.05, 3.63) is 35.4 Å². The largest absolute Gasteiger partial charge is 0.389 e. The summed E-state index contributed by atoms with van der Waals surface area (Å²) in [5, 5.41) is 0. The van der Waals surface area contributed by atoms with Gasteiger partial charge in [-0.25, -0.2) is 0 Å². The van der Waals surface area contributed by atoms with Crippen molar-refractivity contribution >= 4 is 0 Å². The Bertz CT molecular complexity index is 347. The van der Waals surface area contributed by atoms with Crippen LogP contribution in [-0.2, 0) is 6.42 Å². The Balaban J connectivity index is 2.34. The molecule has 4 heteroatoms. The van der Waals surface area contributed by atoms with Crippen LogP contribution in [0.4, 0.5) is 13.2 Å². The minimum absolute atomic E-state index is 0.00931. The Morgan fingerprint density at radius 1 is 1.18 bits per heavy atom. The van der Waals surface area contributed by atoms with Crippen molar-refractivity contribution < 1.29 is 13.2 Å². The van der Waals surface area contributed by atoms with Crippen molar-refractivity contribution in [1.82, 2.24) is 0 Å². The lowest BCUT2D eigenvalue weighted by Gasteiger charge is -2.13. The molecule has 0 saturated carbocycles. The molecule has 0 heterocycles. The summed E-state index contributed by atoms with van der Waals surface area (Å²) in [6, 6.07) is 7.49. The second-order valence-electron chi connectivity index (χ2n) is 4.38. The summed E-state index contributed by atoms with van der Waals surface area (Å²) in [4.78, 5) is 0. The summed E-state index contributed by atoms with van der Waals surface area (Å²) >= 11 is 0. The lowest BCUT2D eigenvalue weighted by molar-refractivity contribution is -0.136. The predicted molar refractivity (Wildman–Crippen MR) is 62.8 cm³/mol. The van der Waals surface area contributed by atoms with Crippen molar-refractivity contribution in [3.63, 3.8) is 0 Å². The highest BCUT2D eigenvalue weighted by Gasteiger charge is 2.27. The van der Waals surface area contributed by atoms with Crippen LogP contribution in [0.1, 0.15) is 30.4 Å². The topological polar surface area (TPSA) is 26.0 Å². The van der Waals surface area contributed by atoms with Crippen molar-refractivity contribution in [3.8, 4) is 0 Å². The second-order valence-corrected chi connectivity index (χ2v) is 4.38. The molecule has 1 rings (SSSR count). The van der Waals surface area contributed by atoms with E-state index in [1.807, 2.05) is 31.2 Å². The molecule has 0 amide bonds. The average Bonchev–Trinajstić information content (AvgIpc) is 2.24. The third kappa shape index (κ3) is 5.73. The van der Waals surface area contributed by atoms with Crippen LogP contribution in [0.15, 0.2) is 24.3 Å². The second kappa shape index (κ2) is 6.05. The molecule has 96 valence electrons. The number of aryl methyl sites for hydroxylation is 2. The molecule has 1 atom stereocenters. The third-order valence-electron chi connectivity index (χ3n) is 2.84. The normalized spacial score (nSPS) is 13.7. The van der Waals surface area contributed by atoms with Gasteiger partial charge in [-0.3, -0.25) is 0 Å². The zero-order chi connectivity index (χ0) is 12.9. The Kier molecular flexibility index (Phi) is 5.00. The quantitative estimate of drug-likeness (QED) is 0.842. The summed E-state index contributed by atoms with van der Waals surface area (Å²) in [6.07, 6.45) is -3.54.